The summed E-state index contributed by atoms with van der Waals surface area (Å²) < 4.78 is 12.2. The molecule has 2 aromatic carbocycles. The molecular weight excluding hydrogens is 516 g/mol. The van der Waals surface area contributed by atoms with Gasteiger partial charge in [-0.1, -0.05) is 35.9 Å². The van der Waals surface area contributed by atoms with E-state index in [9.17, 15) is 15.0 Å². The Kier molecular flexibility index (Phi) is 7.67. The molecule has 204 valence electrons. The van der Waals surface area contributed by atoms with Crippen LogP contribution in [-0.2, 0) is 16.8 Å². The first kappa shape index (κ1) is 27.2. The number of carboxylic acid groups (broad SMARTS) is 1. The van der Waals surface area contributed by atoms with Crippen LogP contribution in [0.4, 0.5) is 0 Å². The number of allylic oxidation sites excluding steroid dienone is 1. The second kappa shape index (κ2) is 11.0. The number of carboxylic acids is 1. The maximum absolute atomic E-state index is 11.7. The molecule has 1 saturated heterocycles. The smallest absolute Gasteiger partial charge is 0.347 e. The summed E-state index contributed by atoms with van der Waals surface area (Å²) in [4.78, 5) is 18.6. The van der Waals surface area contributed by atoms with E-state index in [2.05, 4.69) is 16.0 Å². The SMILES string of the molecule is CC(C)(Oc1cccc2c1CC(=CCCN1CCC(O)(c3ccc(Cl)cc3)CC1)c1cccnc1O2)C(=O)O. The number of halogens is 1. The van der Waals surface area contributed by atoms with Gasteiger partial charge >= 0.3 is 5.97 Å². The topological polar surface area (TPSA) is 92.1 Å². The van der Waals surface area contributed by atoms with Crippen LogP contribution >= 0.6 is 11.6 Å². The summed E-state index contributed by atoms with van der Waals surface area (Å²) in [5.74, 6) is 0.564. The van der Waals surface area contributed by atoms with Gasteiger partial charge in [-0.05, 0) is 80.6 Å². The van der Waals surface area contributed by atoms with Crippen molar-refractivity contribution < 1.29 is 24.5 Å². The van der Waals surface area contributed by atoms with Gasteiger partial charge in [0.1, 0.15) is 11.5 Å². The van der Waals surface area contributed by atoms with Crippen LogP contribution in [0.2, 0.25) is 5.02 Å². The first-order valence-electron chi connectivity index (χ1n) is 13.2. The molecule has 2 N–H and O–H groups in total. The number of carbonyl (C=O) groups is 1. The van der Waals surface area contributed by atoms with Crippen LogP contribution in [0.3, 0.4) is 0 Å². The number of aromatic nitrogens is 1. The van der Waals surface area contributed by atoms with Gasteiger partial charge in [-0.2, -0.15) is 0 Å². The van der Waals surface area contributed by atoms with Crippen LogP contribution in [0.25, 0.3) is 5.57 Å². The summed E-state index contributed by atoms with van der Waals surface area (Å²) in [5, 5.41) is 21.5. The summed E-state index contributed by atoms with van der Waals surface area (Å²) in [6.45, 7) is 5.52. The normalized spacial score (nSPS) is 18.0. The molecule has 2 aliphatic heterocycles. The molecule has 0 unspecified atom stereocenters. The molecule has 0 amide bonds. The van der Waals surface area contributed by atoms with Crippen LogP contribution in [0.5, 0.6) is 17.4 Å². The first-order chi connectivity index (χ1) is 18.6. The number of rotatable bonds is 7. The van der Waals surface area contributed by atoms with E-state index in [1.165, 1.54) is 13.8 Å². The molecule has 3 aromatic rings. The van der Waals surface area contributed by atoms with E-state index >= 15 is 0 Å². The Bertz CT molecular complexity index is 1380. The number of piperidine rings is 1. The zero-order valence-electron chi connectivity index (χ0n) is 22.2. The van der Waals surface area contributed by atoms with E-state index in [1.54, 1.807) is 18.3 Å². The van der Waals surface area contributed by atoms with Crippen molar-refractivity contribution in [2.24, 2.45) is 0 Å². The quantitative estimate of drug-likeness (QED) is 0.369. The number of likely N-dealkylation sites (tertiary alicyclic amines) is 1. The summed E-state index contributed by atoms with van der Waals surface area (Å²) >= 11 is 6.02. The molecule has 1 aromatic heterocycles. The third-order valence-electron chi connectivity index (χ3n) is 7.56. The molecule has 0 aliphatic carbocycles. The second-order valence-electron chi connectivity index (χ2n) is 10.7. The van der Waals surface area contributed by atoms with Crippen LogP contribution in [0, 0.1) is 0 Å². The lowest BCUT2D eigenvalue weighted by Crippen LogP contribution is -2.42. The molecule has 2 aliphatic rings. The van der Waals surface area contributed by atoms with Crippen molar-refractivity contribution in [3.8, 4) is 17.4 Å². The Morgan fingerprint density at radius 3 is 2.62 bits per heavy atom. The molecule has 0 atom stereocenters. The number of hydrogen-bond donors (Lipinski definition) is 2. The van der Waals surface area contributed by atoms with E-state index < -0.39 is 17.2 Å². The monoisotopic (exact) mass is 548 g/mol. The highest BCUT2D eigenvalue weighted by Gasteiger charge is 2.34. The number of nitrogens with zero attached hydrogens (tertiary/aromatic N) is 2. The average molecular weight is 549 g/mol. The van der Waals surface area contributed by atoms with Crippen molar-refractivity contribution >= 4 is 23.1 Å². The van der Waals surface area contributed by atoms with Crippen LogP contribution in [-0.4, -0.2) is 51.3 Å². The number of aliphatic hydroxyl groups is 1. The summed E-state index contributed by atoms with van der Waals surface area (Å²) in [6.07, 6.45) is 6.57. The van der Waals surface area contributed by atoms with Gasteiger partial charge in [-0.15, -0.1) is 0 Å². The van der Waals surface area contributed by atoms with E-state index in [-0.39, 0.29) is 0 Å². The first-order valence-corrected chi connectivity index (χ1v) is 13.6. The molecule has 5 rings (SSSR count). The highest BCUT2D eigenvalue weighted by molar-refractivity contribution is 6.30. The predicted octanol–water partition coefficient (Wildman–Crippen LogP) is 6.08. The summed E-state index contributed by atoms with van der Waals surface area (Å²) in [6, 6.07) is 16.8. The van der Waals surface area contributed by atoms with Gasteiger partial charge < -0.3 is 24.6 Å². The van der Waals surface area contributed by atoms with E-state index in [0.29, 0.717) is 41.7 Å². The molecule has 0 saturated carbocycles. The van der Waals surface area contributed by atoms with Gasteiger partial charge in [0.25, 0.3) is 0 Å². The molecule has 1 fully saturated rings. The second-order valence-corrected chi connectivity index (χ2v) is 11.1. The average Bonchev–Trinajstić information content (AvgIpc) is 3.07. The number of benzene rings is 2. The minimum Gasteiger partial charge on any atom is -0.478 e. The third kappa shape index (κ3) is 5.96. The fourth-order valence-corrected chi connectivity index (χ4v) is 5.26. The highest BCUT2D eigenvalue weighted by Crippen LogP contribution is 2.42. The predicted molar refractivity (Wildman–Crippen MR) is 150 cm³/mol. The molecule has 8 heteroatoms. The van der Waals surface area contributed by atoms with Crippen molar-refractivity contribution in [1.82, 2.24) is 9.88 Å². The van der Waals surface area contributed by atoms with Gasteiger partial charge in [-0.25, -0.2) is 9.78 Å². The minimum absolute atomic E-state index is 0.483. The zero-order chi connectivity index (χ0) is 27.6. The fourth-order valence-electron chi connectivity index (χ4n) is 5.13. The number of pyridine rings is 1. The Balaban J connectivity index is 1.32. The van der Waals surface area contributed by atoms with Gasteiger partial charge in [0.05, 0.1) is 5.60 Å². The van der Waals surface area contributed by atoms with Crippen molar-refractivity contribution in [1.29, 1.82) is 0 Å². The zero-order valence-corrected chi connectivity index (χ0v) is 22.9. The standard InChI is InChI=1S/C31H33ClN2O5/c1-30(2,29(35)36)39-27-9-3-8-26-25(27)20-21(24-7-4-16-33-28(24)38-26)6-5-17-34-18-14-31(37,15-19-34)22-10-12-23(32)13-11-22/h3-4,6-13,16,37H,5,14-15,17-20H2,1-2H3,(H,35,36). The molecule has 0 spiro atoms. The lowest BCUT2D eigenvalue weighted by molar-refractivity contribution is -0.152. The Labute approximate surface area is 233 Å². The molecule has 0 bridgehead atoms. The van der Waals surface area contributed by atoms with Crippen molar-refractivity contribution in [2.75, 3.05) is 19.6 Å². The van der Waals surface area contributed by atoms with Crippen LogP contribution < -0.4 is 9.47 Å². The van der Waals surface area contributed by atoms with Crippen molar-refractivity contribution in [2.45, 2.75) is 50.7 Å². The third-order valence-corrected chi connectivity index (χ3v) is 7.81. The van der Waals surface area contributed by atoms with Crippen molar-refractivity contribution in [3.63, 3.8) is 0 Å². The molecule has 7 nitrogen and oxygen atoms in total. The number of aliphatic carboxylic acids is 1. The minimum atomic E-state index is -1.39. The van der Waals surface area contributed by atoms with Crippen LogP contribution in [0.15, 0.2) is 66.9 Å². The largest absolute Gasteiger partial charge is 0.478 e. The fraction of sp³-hybridized carbons (Fsp3) is 0.355. The van der Waals surface area contributed by atoms with Crippen molar-refractivity contribution in [3.05, 3.63) is 88.6 Å². The van der Waals surface area contributed by atoms with E-state index in [1.807, 2.05) is 42.5 Å². The number of ether oxygens (including phenoxy) is 2. The Morgan fingerprint density at radius 2 is 1.90 bits per heavy atom. The van der Waals surface area contributed by atoms with Gasteiger partial charge in [0.2, 0.25) is 5.88 Å². The maximum atomic E-state index is 11.7. The Hall–Kier alpha value is -3.39. The number of fused-ring (bicyclic) bond motifs is 2. The number of hydrogen-bond acceptors (Lipinski definition) is 6. The lowest BCUT2D eigenvalue weighted by Gasteiger charge is -2.38. The van der Waals surface area contributed by atoms with Gasteiger partial charge in [-0.3, -0.25) is 0 Å². The van der Waals surface area contributed by atoms with E-state index in [0.717, 1.165) is 48.3 Å². The van der Waals surface area contributed by atoms with E-state index in [4.69, 9.17) is 21.1 Å². The summed E-state index contributed by atoms with van der Waals surface area (Å²) in [7, 11) is 0. The molecule has 0 radical (unpaired) electrons. The molecule has 3 heterocycles. The maximum Gasteiger partial charge on any atom is 0.347 e. The molecule has 39 heavy (non-hydrogen) atoms. The summed E-state index contributed by atoms with van der Waals surface area (Å²) in [5.41, 5.74) is 1.45. The highest BCUT2D eigenvalue weighted by atomic mass is 35.5. The van der Waals surface area contributed by atoms with Gasteiger partial charge in [0, 0.05) is 48.4 Å². The lowest BCUT2D eigenvalue weighted by atomic mass is 9.84. The van der Waals surface area contributed by atoms with Gasteiger partial charge in [0.15, 0.2) is 5.60 Å². The molecular formula is C31H33ClN2O5. The van der Waals surface area contributed by atoms with Crippen LogP contribution in [0.1, 0.15) is 49.8 Å². The Morgan fingerprint density at radius 1 is 1.15 bits per heavy atom.